The largest absolute Gasteiger partial charge is 0.456 e. The fraction of sp³-hybridized carbons (Fsp3) is 0. The zero-order valence-electron chi connectivity index (χ0n) is 23.8. The minimum atomic E-state index is 0.535. The van der Waals surface area contributed by atoms with Crippen LogP contribution in [0.5, 0.6) is 0 Å². The highest BCUT2D eigenvalue weighted by molar-refractivity contribution is 6.24. The highest BCUT2D eigenvalue weighted by atomic mass is 16.3. The molecular formula is C39H22N4O2. The first-order valence-electron chi connectivity index (χ1n) is 14.9. The van der Waals surface area contributed by atoms with E-state index in [4.69, 9.17) is 23.8 Å². The van der Waals surface area contributed by atoms with E-state index in [1.165, 1.54) is 0 Å². The van der Waals surface area contributed by atoms with Crippen molar-refractivity contribution in [2.75, 3.05) is 0 Å². The third-order valence-corrected chi connectivity index (χ3v) is 8.67. The molecular weight excluding hydrogens is 556 g/mol. The van der Waals surface area contributed by atoms with Crippen molar-refractivity contribution in [3.8, 4) is 28.7 Å². The van der Waals surface area contributed by atoms with Gasteiger partial charge in [-0.15, -0.1) is 0 Å². The Bertz CT molecular complexity index is 2770. The Balaban J connectivity index is 1.37. The average molecular weight is 579 g/mol. The number of fused-ring (bicyclic) bond motifs is 10. The van der Waals surface area contributed by atoms with Gasteiger partial charge in [0.15, 0.2) is 11.6 Å². The van der Waals surface area contributed by atoms with Crippen molar-refractivity contribution in [3.05, 3.63) is 133 Å². The standard InChI is InChI=1S/C39H22N4O2/c1-2-11-23(12-3-1)37-40-38(28-16-10-20-32-34(28)26-14-5-8-18-30(26)44-32)42-39(41-37)43-29-17-7-4-13-24(29)25-21-22-33-35(36(25)43)27-15-6-9-19-31(27)45-33/h1-22H. The van der Waals surface area contributed by atoms with Gasteiger partial charge in [0, 0.05) is 38.1 Å². The molecule has 6 aromatic carbocycles. The first-order chi connectivity index (χ1) is 22.3. The predicted octanol–water partition coefficient (Wildman–Crippen LogP) is 10.1. The molecule has 10 aromatic rings. The molecule has 0 saturated heterocycles. The fourth-order valence-electron chi connectivity index (χ4n) is 6.74. The summed E-state index contributed by atoms with van der Waals surface area (Å²) in [7, 11) is 0. The van der Waals surface area contributed by atoms with Crippen molar-refractivity contribution in [2.24, 2.45) is 0 Å². The second-order valence-corrected chi connectivity index (χ2v) is 11.2. The van der Waals surface area contributed by atoms with E-state index in [-0.39, 0.29) is 0 Å². The molecule has 6 heteroatoms. The Labute approximate surface area is 255 Å². The minimum Gasteiger partial charge on any atom is -0.456 e. The summed E-state index contributed by atoms with van der Waals surface area (Å²) in [5.41, 5.74) is 7.09. The number of aromatic nitrogens is 4. The van der Waals surface area contributed by atoms with Gasteiger partial charge in [-0.05, 0) is 36.4 Å². The van der Waals surface area contributed by atoms with Crippen LogP contribution in [-0.2, 0) is 0 Å². The predicted molar refractivity (Wildman–Crippen MR) is 180 cm³/mol. The number of para-hydroxylation sites is 3. The maximum Gasteiger partial charge on any atom is 0.238 e. The summed E-state index contributed by atoms with van der Waals surface area (Å²) in [4.78, 5) is 15.5. The molecule has 0 spiro atoms. The van der Waals surface area contributed by atoms with Crippen LogP contribution in [0.2, 0.25) is 0 Å². The zero-order chi connectivity index (χ0) is 29.5. The van der Waals surface area contributed by atoms with Crippen LogP contribution in [0.25, 0.3) is 94.4 Å². The molecule has 0 radical (unpaired) electrons. The first-order valence-corrected chi connectivity index (χ1v) is 14.9. The monoisotopic (exact) mass is 578 g/mol. The lowest BCUT2D eigenvalue weighted by Gasteiger charge is -2.12. The lowest BCUT2D eigenvalue weighted by Crippen LogP contribution is -2.06. The molecule has 4 aromatic heterocycles. The minimum absolute atomic E-state index is 0.535. The molecule has 210 valence electrons. The molecule has 0 aliphatic carbocycles. The Morgan fingerprint density at radius 2 is 1.04 bits per heavy atom. The van der Waals surface area contributed by atoms with Gasteiger partial charge >= 0.3 is 0 Å². The van der Waals surface area contributed by atoms with Gasteiger partial charge in [0.05, 0.1) is 16.4 Å². The van der Waals surface area contributed by atoms with Gasteiger partial charge in [0.2, 0.25) is 5.95 Å². The van der Waals surface area contributed by atoms with E-state index < -0.39 is 0 Å². The third-order valence-electron chi connectivity index (χ3n) is 8.67. The van der Waals surface area contributed by atoms with E-state index in [9.17, 15) is 0 Å². The molecule has 0 N–H and O–H groups in total. The molecule has 0 aliphatic heterocycles. The van der Waals surface area contributed by atoms with E-state index in [1.807, 2.05) is 78.9 Å². The van der Waals surface area contributed by atoms with Crippen molar-refractivity contribution in [2.45, 2.75) is 0 Å². The third kappa shape index (κ3) is 3.48. The number of hydrogen-bond acceptors (Lipinski definition) is 5. The molecule has 6 nitrogen and oxygen atoms in total. The highest BCUT2D eigenvalue weighted by Gasteiger charge is 2.23. The van der Waals surface area contributed by atoms with Crippen LogP contribution in [0, 0.1) is 0 Å². The normalized spacial score (nSPS) is 12.0. The summed E-state index contributed by atoms with van der Waals surface area (Å²) in [6.45, 7) is 0. The van der Waals surface area contributed by atoms with Gasteiger partial charge in [-0.3, -0.25) is 4.57 Å². The number of furan rings is 2. The first kappa shape index (κ1) is 24.2. The quantitative estimate of drug-likeness (QED) is 0.209. The SMILES string of the molecule is c1ccc(-c2nc(-c3cccc4oc5ccccc5c34)nc(-n3c4ccccc4c4ccc5oc6ccccc6c5c43)n2)cc1. The van der Waals surface area contributed by atoms with E-state index in [1.54, 1.807) is 0 Å². The average Bonchev–Trinajstić information content (AvgIpc) is 3.78. The Hall–Kier alpha value is -6.27. The maximum absolute atomic E-state index is 6.34. The van der Waals surface area contributed by atoms with Crippen LogP contribution < -0.4 is 0 Å². The number of hydrogen-bond donors (Lipinski definition) is 0. The van der Waals surface area contributed by atoms with E-state index in [0.717, 1.165) is 76.8 Å². The van der Waals surface area contributed by atoms with E-state index in [0.29, 0.717) is 17.6 Å². The maximum atomic E-state index is 6.34. The topological polar surface area (TPSA) is 69.9 Å². The highest BCUT2D eigenvalue weighted by Crippen LogP contribution is 2.41. The molecule has 10 rings (SSSR count). The molecule has 0 bridgehead atoms. The van der Waals surface area contributed by atoms with Crippen molar-refractivity contribution in [1.29, 1.82) is 0 Å². The molecule has 0 atom stereocenters. The van der Waals surface area contributed by atoms with E-state index >= 15 is 0 Å². The second-order valence-electron chi connectivity index (χ2n) is 11.2. The van der Waals surface area contributed by atoms with Crippen molar-refractivity contribution in [3.63, 3.8) is 0 Å². The molecule has 0 unspecified atom stereocenters. The summed E-state index contributed by atoms with van der Waals surface area (Å²) in [6.07, 6.45) is 0. The van der Waals surface area contributed by atoms with Gasteiger partial charge in [-0.2, -0.15) is 9.97 Å². The van der Waals surface area contributed by atoms with Crippen molar-refractivity contribution < 1.29 is 8.83 Å². The van der Waals surface area contributed by atoms with Crippen LogP contribution in [0.1, 0.15) is 0 Å². The van der Waals surface area contributed by atoms with Gasteiger partial charge in [-0.25, -0.2) is 4.98 Å². The zero-order valence-corrected chi connectivity index (χ0v) is 23.8. The lowest BCUT2D eigenvalue weighted by molar-refractivity contribution is 0.668. The summed E-state index contributed by atoms with van der Waals surface area (Å²) < 4.78 is 14.7. The Morgan fingerprint density at radius 1 is 0.422 bits per heavy atom. The van der Waals surface area contributed by atoms with Crippen molar-refractivity contribution >= 4 is 65.7 Å². The fourth-order valence-corrected chi connectivity index (χ4v) is 6.74. The van der Waals surface area contributed by atoms with Crippen molar-refractivity contribution in [1.82, 2.24) is 19.5 Å². The summed E-state index contributed by atoms with van der Waals surface area (Å²) in [5.74, 6) is 1.70. The molecule has 45 heavy (non-hydrogen) atoms. The van der Waals surface area contributed by atoms with E-state index in [2.05, 4.69) is 59.2 Å². The van der Waals surface area contributed by atoms with Crippen LogP contribution in [0.3, 0.4) is 0 Å². The molecule has 0 aliphatic rings. The summed E-state index contributed by atoms with van der Waals surface area (Å²) in [6, 6.07) is 45.0. The van der Waals surface area contributed by atoms with Gasteiger partial charge < -0.3 is 8.83 Å². The second kappa shape index (κ2) is 9.11. The molecule has 0 saturated carbocycles. The summed E-state index contributed by atoms with van der Waals surface area (Å²) >= 11 is 0. The Morgan fingerprint density at radius 3 is 1.84 bits per heavy atom. The van der Waals surface area contributed by atoms with Crippen LogP contribution >= 0.6 is 0 Å². The molecule has 0 amide bonds. The smallest absolute Gasteiger partial charge is 0.238 e. The number of nitrogens with zero attached hydrogens (tertiary/aromatic N) is 4. The van der Waals surface area contributed by atoms with Gasteiger partial charge in [0.1, 0.15) is 22.3 Å². The molecule has 4 heterocycles. The van der Waals surface area contributed by atoms with Crippen LogP contribution in [0.4, 0.5) is 0 Å². The van der Waals surface area contributed by atoms with Gasteiger partial charge in [-0.1, -0.05) is 97.1 Å². The number of rotatable bonds is 3. The number of benzene rings is 6. The Kier molecular flexibility index (Phi) is 4.90. The van der Waals surface area contributed by atoms with Gasteiger partial charge in [0.25, 0.3) is 0 Å². The van der Waals surface area contributed by atoms with Crippen LogP contribution in [0.15, 0.2) is 142 Å². The molecule has 0 fully saturated rings. The lowest BCUT2D eigenvalue weighted by atomic mass is 10.1. The summed E-state index contributed by atoms with van der Waals surface area (Å²) in [5, 5.41) is 6.31. The van der Waals surface area contributed by atoms with Crippen LogP contribution in [-0.4, -0.2) is 19.5 Å².